The molecule has 1 aliphatic heterocycles. The lowest BCUT2D eigenvalue weighted by Crippen LogP contribution is -2.35. The molecule has 1 aliphatic carbocycles. The fourth-order valence-electron chi connectivity index (χ4n) is 4.15. The molecule has 7 heteroatoms. The third-order valence-electron chi connectivity index (χ3n) is 6.07. The number of nitrogens with one attached hydrogen (secondary N) is 1. The van der Waals surface area contributed by atoms with E-state index in [9.17, 15) is 13.2 Å². The van der Waals surface area contributed by atoms with Crippen molar-refractivity contribution in [2.75, 3.05) is 18.8 Å². The van der Waals surface area contributed by atoms with Gasteiger partial charge in [-0.25, -0.2) is 18.2 Å². The minimum atomic E-state index is -0.780. The first-order valence-corrected chi connectivity index (χ1v) is 11.5. The standard InChI is InChI=1S/C27H29F3N4/c1-3-6-24(34-15-13-18(28)14-16-34)22(4-2)32-26(17-9-10-17)27-21(31)11-12-23(33-27)25-19(29)7-5-8-20(25)30/h3-8,11-12,18,32H,2,9-10,13-16,31H2,1H3/b6-3-,24-22-. The fraction of sp³-hybridized carbons (Fsp3) is 0.296. The van der Waals surface area contributed by atoms with Gasteiger partial charge >= 0.3 is 0 Å². The number of alkyl halides is 1. The molecule has 4 nitrogen and oxygen atoms in total. The maximum atomic E-state index is 14.4. The molecule has 0 radical (unpaired) electrons. The van der Waals surface area contributed by atoms with E-state index in [-0.39, 0.29) is 11.3 Å². The molecule has 1 aromatic carbocycles. The molecule has 0 unspecified atom stereocenters. The van der Waals surface area contributed by atoms with E-state index in [1.165, 1.54) is 24.3 Å². The highest BCUT2D eigenvalue weighted by molar-refractivity contribution is 5.79. The normalized spacial score (nSPS) is 17.1. The molecule has 2 heterocycles. The van der Waals surface area contributed by atoms with Crippen LogP contribution in [-0.4, -0.2) is 29.1 Å². The molecule has 1 saturated carbocycles. The molecule has 34 heavy (non-hydrogen) atoms. The first kappa shape index (κ1) is 23.7. The summed E-state index contributed by atoms with van der Waals surface area (Å²) in [6.07, 6.45) is 7.54. The summed E-state index contributed by atoms with van der Waals surface area (Å²) in [5.74, 6) is -1.37. The maximum absolute atomic E-state index is 14.4. The number of rotatable bonds is 7. The number of anilines is 1. The number of benzene rings is 1. The average molecular weight is 467 g/mol. The van der Waals surface area contributed by atoms with Crippen molar-refractivity contribution in [2.24, 2.45) is 0 Å². The third kappa shape index (κ3) is 5.03. The molecular formula is C27H29F3N4. The minimum Gasteiger partial charge on any atom is -0.397 e. The Morgan fingerprint density at radius 1 is 1.15 bits per heavy atom. The van der Waals surface area contributed by atoms with Gasteiger partial charge in [-0.3, -0.25) is 0 Å². The lowest BCUT2D eigenvalue weighted by atomic mass is 10.1. The molecule has 1 aromatic heterocycles. The van der Waals surface area contributed by atoms with Crippen molar-refractivity contribution in [3.63, 3.8) is 0 Å². The van der Waals surface area contributed by atoms with E-state index in [2.05, 4.69) is 21.8 Å². The zero-order valence-corrected chi connectivity index (χ0v) is 19.3. The molecular weight excluding hydrogens is 437 g/mol. The Morgan fingerprint density at radius 2 is 1.82 bits per heavy atom. The number of piperidine rings is 1. The Bertz CT molecular complexity index is 1150. The van der Waals surface area contributed by atoms with Gasteiger partial charge in [-0.15, -0.1) is 0 Å². The molecule has 3 N–H and O–H groups in total. The highest BCUT2D eigenvalue weighted by atomic mass is 19.1. The van der Waals surface area contributed by atoms with Crippen molar-refractivity contribution in [2.45, 2.75) is 38.8 Å². The summed E-state index contributed by atoms with van der Waals surface area (Å²) in [5, 5.41) is 3.45. The second-order valence-electron chi connectivity index (χ2n) is 8.50. The first-order chi connectivity index (χ1) is 16.4. The van der Waals surface area contributed by atoms with Gasteiger partial charge in [0.2, 0.25) is 0 Å². The van der Waals surface area contributed by atoms with Crippen LogP contribution in [-0.2, 0) is 0 Å². The van der Waals surface area contributed by atoms with E-state index >= 15 is 0 Å². The van der Waals surface area contributed by atoms with E-state index in [0.717, 1.165) is 29.8 Å². The van der Waals surface area contributed by atoms with Gasteiger partial charge in [0.25, 0.3) is 0 Å². The monoisotopic (exact) mass is 466 g/mol. The molecule has 2 aromatic rings. The van der Waals surface area contributed by atoms with Crippen molar-refractivity contribution in [1.29, 1.82) is 0 Å². The quantitative estimate of drug-likeness (QED) is 0.484. The number of hydrogen-bond donors (Lipinski definition) is 2. The Hall–Kier alpha value is -3.48. The van der Waals surface area contributed by atoms with Crippen molar-refractivity contribution >= 4 is 11.4 Å². The SMILES string of the molecule is C=C/C(NC(=C1CC1)c1nc(-c2c(F)cccc2F)ccc1N)=C(\C=C/C)N1CCC(F)CC1. The van der Waals surface area contributed by atoms with Gasteiger partial charge in [-0.05, 0) is 74.6 Å². The van der Waals surface area contributed by atoms with Crippen molar-refractivity contribution in [3.05, 3.63) is 89.4 Å². The van der Waals surface area contributed by atoms with Gasteiger partial charge in [-0.2, -0.15) is 0 Å². The van der Waals surface area contributed by atoms with E-state index in [0.29, 0.717) is 43.0 Å². The number of nitrogens with zero attached hydrogens (tertiary/aromatic N) is 2. The lowest BCUT2D eigenvalue weighted by Gasteiger charge is -2.33. The Balaban J connectivity index is 1.75. The smallest absolute Gasteiger partial charge is 0.135 e. The summed E-state index contributed by atoms with van der Waals surface area (Å²) in [6, 6.07) is 6.87. The van der Waals surface area contributed by atoms with Crippen LogP contribution < -0.4 is 11.1 Å². The predicted molar refractivity (Wildman–Crippen MR) is 131 cm³/mol. The highest BCUT2D eigenvalue weighted by Crippen LogP contribution is 2.38. The summed E-state index contributed by atoms with van der Waals surface area (Å²) >= 11 is 0. The van der Waals surface area contributed by atoms with Gasteiger partial charge < -0.3 is 16.0 Å². The molecule has 2 aliphatic rings. The number of nitrogens with two attached hydrogens (primary N) is 1. The number of aromatic nitrogens is 1. The molecule has 0 spiro atoms. The van der Waals surface area contributed by atoms with Crippen LogP contribution in [0.4, 0.5) is 18.9 Å². The van der Waals surface area contributed by atoms with Gasteiger partial charge in [-0.1, -0.05) is 18.7 Å². The molecule has 2 fully saturated rings. The number of nitrogen functional groups attached to an aromatic ring is 1. The summed E-state index contributed by atoms with van der Waals surface area (Å²) in [7, 11) is 0. The van der Waals surface area contributed by atoms with Crippen molar-refractivity contribution < 1.29 is 13.2 Å². The number of halogens is 3. The van der Waals surface area contributed by atoms with E-state index in [1.807, 2.05) is 19.1 Å². The van der Waals surface area contributed by atoms with Crippen LogP contribution in [0, 0.1) is 11.6 Å². The van der Waals surface area contributed by atoms with Gasteiger partial charge in [0, 0.05) is 13.1 Å². The highest BCUT2D eigenvalue weighted by Gasteiger charge is 2.26. The summed E-state index contributed by atoms with van der Waals surface area (Å²) in [6.45, 7) is 7.12. The summed E-state index contributed by atoms with van der Waals surface area (Å²) in [5.41, 5.74) is 10.6. The van der Waals surface area contributed by atoms with Gasteiger partial charge in [0.1, 0.15) is 23.5 Å². The molecule has 0 bridgehead atoms. The Morgan fingerprint density at radius 3 is 2.41 bits per heavy atom. The largest absolute Gasteiger partial charge is 0.397 e. The molecule has 4 rings (SSSR count). The number of likely N-dealkylation sites (tertiary alicyclic amines) is 1. The van der Waals surface area contributed by atoms with Crippen LogP contribution >= 0.6 is 0 Å². The zero-order chi connectivity index (χ0) is 24.2. The molecule has 1 saturated heterocycles. The van der Waals surface area contributed by atoms with Crippen molar-refractivity contribution in [3.8, 4) is 11.3 Å². The lowest BCUT2D eigenvalue weighted by molar-refractivity contribution is 0.182. The van der Waals surface area contributed by atoms with Gasteiger partial charge in [0.15, 0.2) is 0 Å². The second-order valence-corrected chi connectivity index (χ2v) is 8.50. The van der Waals surface area contributed by atoms with E-state index < -0.39 is 17.8 Å². The average Bonchev–Trinajstić information content (AvgIpc) is 3.66. The van der Waals surface area contributed by atoms with Crippen LogP contribution in [0.25, 0.3) is 17.0 Å². The summed E-state index contributed by atoms with van der Waals surface area (Å²) < 4.78 is 42.6. The molecule has 0 atom stereocenters. The fourth-order valence-corrected chi connectivity index (χ4v) is 4.15. The number of hydrogen-bond acceptors (Lipinski definition) is 4. The van der Waals surface area contributed by atoms with E-state index in [4.69, 9.17) is 5.73 Å². The minimum absolute atomic E-state index is 0.170. The summed E-state index contributed by atoms with van der Waals surface area (Å²) in [4.78, 5) is 6.71. The van der Waals surface area contributed by atoms with Crippen LogP contribution in [0.15, 0.2) is 72.1 Å². The van der Waals surface area contributed by atoms with E-state index in [1.54, 1.807) is 12.1 Å². The van der Waals surface area contributed by atoms with Crippen molar-refractivity contribution in [1.82, 2.24) is 15.2 Å². The second kappa shape index (κ2) is 10.2. The van der Waals surface area contributed by atoms with Crippen LogP contribution in [0.5, 0.6) is 0 Å². The topological polar surface area (TPSA) is 54.2 Å². The van der Waals surface area contributed by atoms with Crippen LogP contribution in [0.3, 0.4) is 0 Å². The molecule has 178 valence electrons. The zero-order valence-electron chi connectivity index (χ0n) is 19.3. The third-order valence-corrected chi connectivity index (χ3v) is 6.07. The number of allylic oxidation sites excluding steroid dienone is 4. The first-order valence-electron chi connectivity index (χ1n) is 11.5. The van der Waals surface area contributed by atoms with Gasteiger partial charge in [0.05, 0.1) is 34.0 Å². The Kier molecular flexibility index (Phi) is 7.10. The number of pyridine rings is 1. The molecule has 0 amide bonds. The van der Waals surface area contributed by atoms with Crippen LogP contribution in [0.2, 0.25) is 0 Å². The van der Waals surface area contributed by atoms with Crippen LogP contribution in [0.1, 0.15) is 38.3 Å². The maximum Gasteiger partial charge on any atom is 0.135 e. The predicted octanol–water partition coefficient (Wildman–Crippen LogP) is 6.11. The Labute approximate surface area is 198 Å².